The molecule has 3 rings (SSSR count). The Morgan fingerprint density at radius 1 is 1.23 bits per heavy atom. The highest BCUT2D eigenvalue weighted by Crippen LogP contribution is 2.24. The van der Waals surface area contributed by atoms with Gasteiger partial charge in [-0.1, -0.05) is 0 Å². The highest BCUT2D eigenvalue weighted by atomic mass is 16.5. The summed E-state index contributed by atoms with van der Waals surface area (Å²) in [4.78, 5) is 24.4. The molecular formula is C16H18N4O2. The molecule has 22 heavy (non-hydrogen) atoms. The van der Waals surface area contributed by atoms with Gasteiger partial charge >= 0.3 is 0 Å². The number of hydrogen-bond donors (Lipinski definition) is 1. The molecule has 0 unspecified atom stereocenters. The smallest absolute Gasteiger partial charge is 0.252 e. The van der Waals surface area contributed by atoms with Gasteiger partial charge in [0.05, 0.1) is 11.2 Å². The third-order valence-corrected chi connectivity index (χ3v) is 3.82. The fourth-order valence-corrected chi connectivity index (χ4v) is 2.52. The molecule has 1 aliphatic heterocycles. The largest absolute Gasteiger partial charge is 0.373 e. The normalized spacial score (nSPS) is 20.8. The lowest BCUT2D eigenvalue weighted by Gasteiger charge is -2.23. The number of nitrogens with zero attached hydrogens (tertiary/aromatic N) is 3. The highest BCUT2D eigenvalue weighted by molar-refractivity contribution is 5.95. The molecule has 0 radical (unpaired) electrons. The van der Waals surface area contributed by atoms with E-state index < -0.39 is 0 Å². The van der Waals surface area contributed by atoms with E-state index >= 15 is 0 Å². The second-order valence-electron chi connectivity index (χ2n) is 5.67. The van der Waals surface area contributed by atoms with Crippen LogP contribution in [0.2, 0.25) is 0 Å². The lowest BCUT2D eigenvalue weighted by molar-refractivity contribution is 0.0206. The molecule has 1 amide bonds. The molecular weight excluding hydrogens is 280 g/mol. The molecule has 0 saturated carbocycles. The molecule has 0 aromatic carbocycles. The average molecular weight is 298 g/mol. The van der Waals surface area contributed by atoms with Crippen LogP contribution in [-0.2, 0) is 4.74 Å². The predicted octanol–water partition coefficient (Wildman–Crippen LogP) is 1.84. The van der Waals surface area contributed by atoms with Gasteiger partial charge < -0.3 is 10.1 Å². The Hall–Kier alpha value is -2.34. The van der Waals surface area contributed by atoms with Crippen molar-refractivity contribution in [2.75, 3.05) is 13.2 Å². The van der Waals surface area contributed by atoms with Crippen LogP contribution in [0.4, 0.5) is 0 Å². The maximum absolute atomic E-state index is 12.3. The van der Waals surface area contributed by atoms with Crippen molar-refractivity contribution in [2.24, 2.45) is 0 Å². The summed E-state index contributed by atoms with van der Waals surface area (Å²) in [6.07, 6.45) is 10.1. The quantitative estimate of drug-likeness (QED) is 0.932. The van der Waals surface area contributed by atoms with Crippen LogP contribution in [0.5, 0.6) is 0 Å². The van der Waals surface area contributed by atoms with Crippen LogP contribution in [0.3, 0.4) is 0 Å². The van der Waals surface area contributed by atoms with E-state index in [2.05, 4.69) is 20.3 Å². The molecule has 6 nitrogen and oxygen atoms in total. The topological polar surface area (TPSA) is 77.0 Å². The van der Waals surface area contributed by atoms with E-state index in [1.165, 1.54) is 6.33 Å². The number of rotatable bonds is 4. The van der Waals surface area contributed by atoms with Gasteiger partial charge in [-0.05, 0) is 25.8 Å². The van der Waals surface area contributed by atoms with Crippen molar-refractivity contribution < 1.29 is 9.53 Å². The number of aromatic nitrogens is 3. The molecule has 6 heteroatoms. The van der Waals surface area contributed by atoms with Gasteiger partial charge in [0.2, 0.25) is 0 Å². The van der Waals surface area contributed by atoms with E-state index in [4.69, 9.17) is 4.74 Å². The molecule has 114 valence electrons. The van der Waals surface area contributed by atoms with E-state index in [1.807, 2.05) is 6.92 Å². The van der Waals surface area contributed by atoms with Crippen molar-refractivity contribution >= 4 is 5.91 Å². The summed E-state index contributed by atoms with van der Waals surface area (Å²) in [5.74, 6) is -0.150. The molecule has 0 spiro atoms. The van der Waals surface area contributed by atoms with Crippen molar-refractivity contribution in [3.63, 3.8) is 0 Å². The van der Waals surface area contributed by atoms with Gasteiger partial charge in [0, 0.05) is 49.1 Å². The number of carbonyl (C=O) groups excluding carboxylic acids is 1. The first-order valence-electron chi connectivity index (χ1n) is 7.29. The lowest BCUT2D eigenvalue weighted by Crippen LogP contribution is -2.40. The number of pyridine rings is 1. The lowest BCUT2D eigenvalue weighted by atomic mass is 10.0. The summed E-state index contributed by atoms with van der Waals surface area (Å²) in [5.41, 5.74) is 1.91. The van der Waals surface area contributed by atoms with Gasteiger partial charge in [-0.15, -0.1) is 0 Å². The van der Waals surface area contributed by atoms with Crippen molar-refractivity contribution in [3.8, 4) is 11.1 Å². The Labute approximate surface area is 129 Å². The molecule has 3 heterocycles. The molecule has 1 fully saturated rings. The molecule has 1 saturated heterocycles. The molecule has 0 bridgehead atoms. The first-order valence-corrected chi connectivity index (χ1v) is 7.29. The zero-order valence-electron chi connectivity index (χ0n) is 12.5. The second kappa shape index (κ2) is 6.19. The van der Waals surface area contributed by atoms with Crippen molar-refractivity contribution in [3.05, 3.63) is 42.7 Å². The second-order valence-corrected chi connectivity index (χ2v) is 5.67. The summed E-state index contributed by atoms with van der Waals surface area (Å²) in [6.45, 7) is 3.29. The van der Waals surface area contributed by atoms with E-state index in [0.29, 0.717) is 12.1 Å². The molecule has 1 aliphatic rings. The number of carbonyl (C=O) groups is 1. The van der Waals surface area contributed by atoms with Gasteiger partial charge in [0.25, 0.3) is 5.91 Å². The average Bonchev–Trinajstić information content (AvgIpc) is 3.01. The zero-order chi connectivity index (χ0) is 15.4. The van der Waals surface area contributed by atoms with Crippen molar-refractivity contribution in [1.82, 2.24) is 20.3 Å². The van der Waals surface area contributed by atoms with Gasteiger partial charge in [-0.3, -0.25) is 9.78 Å². The molecule has 2 aromatic rings. The summed E-state index contributed by atoms with van der Waals surface area (Å²) in [5, 5.41) is 2.92. The maximum Gasteiger partial charge on any atom is 0.252 e. The Bertz CT molecular complexity index is 654. The Morgan fingerprint density at radius 3 is 2.73 bits per heavy atom. The maximum atomic E-state index is 12.3. The predicted molar refractivity (Wildman–Crippen MR) is 81.2 cm³/mol. The van der Waals surface area contributed by atoms with Gasteiger partial charge in [-0.25, -0.2) is 9.97 Å². The molecule has 2 aromatic heterocycles. The monoisotopic (exact) mass is 298 g/mol. The fraction of sp³-hybridized carbons (Fsp3) is 0.375. The standard InChI is InChI=1S/C16H18N4O2/c1-16(3-2-4-22-16)10-20-15(21)13-5-12(6-17-7-13)14-8-18-11-19-9-14/h5-9,11H,2-4,10H2,1H3,(H,20,21)/t16-/m0/s1. The van der Waals surface area contributed by atoms with Crippen LogP contribution in [0.15, 0.2) is 37.2 Å². The number of hydrogen-bond acceptors (Lipinski definition) is 5. The van der Waals surface area contributed by atoms with E-state index in [9.17, 15) is 4.79 Å². The van der Waals surface area contributed by atoms with Crippen molar-refractivity contribution in [2.45, 2.75) is 25.4 Å². The highest BCUT2D eigenvalue weighted by Gasteiger charge is 2.30. The SMILES string of the molecule is C[C@@]1(CNC(=O)c2cncc(-c3cncnc3)c2)CCCO1. The summed E-state index contributed by atoms with van der Waals surface area (Å²) in [7, 11) is 0. The number of amides is 1. The minimum atomic E-state index is -0.256. The van der Waals surface area contributed by atoms with Crippen LogP contribution in [0.1, 0.15) is 30.1 Å². The van der Waals surface area contributed by atoms with Crippen LogP contribution in [-0.4, -0.2) is 39.6 Å². The third kappa shape index (κ3) is 3.28. The first-order chi connectivity index (χ1) is 10.7. The van der Waals surface area contributed by atoms with E-state index in [0.717, 1.165) is 30.6 Å². The summed E-state index contributed by atoms with van der Waals surface area (Å²) >= 11 is 0. The Balaban J connectivity index is 1.70. The first kappa shape index (κ1) is 14.6. The Morgan fingerprint density at radius 2 is 2.00 bits per heavy atom. The molecule has 1 N–H and O–H groups in total. The Kier molecular flexibility index (Phi) is 4.11. The third-order valence-electron chi connectivity index (χ3n) is 3.82. The van der Waals surface area contributed by atoms with Crippen LogP contribution >= 0.6 is 0 Å². The van der Waals surface area contributed by atoms with Crippen LogP contribution in [0.25, 0.3) is 11.1 Å². The summed E-state index contributed by atoms with van der Waals surface area (Å²) < 4.78 is 5.67. The van der Waals surface area contributed by atoms with Crippen molar-refractivity contribution in [1.29, 1.82) is 0 Å². The van der Waals surface area contributed by atoms with Gasteiger partial charge in [0.15, 0.2) is 0 Å². The number of ether oxygens (including phenoxy) is 1. The van der Waals surface area contributed by atoms with Crippen LogP contribution < -0.4 is 5.32 Å². The van der Waals surface area contributed by atoms with E-state index in [-0.39, 0.29) is 11.5 Å². The van der Waals surface area contributed by atoms with Gasteiger partial charge in [0.1, 0.15) is 6.33 Å². The zero-order valence-corrected chi connectivity index (χ0v) is 12.5. The number of nitrogens with one attached hydrogen (secondary N) is 1. The minimum Gasteiger partial charge on any atom is -0.373 e. The van der Waals surface area contributed by atoms with Gasteiger partial charge in [-0.2, -0.15) is 0 Å². The summed E-state index contributed by atoms with van der Waals surface area (Å²) in [6, 6.07) is 1.79. The van der Waals surface area contributed by atoms with Crippen LogP contribution in [0, 0.1) is 0 Å². The molecule has 1 atom stereocenters. The molecule has 0 aliphatic carbocycles. The fourth-order valence-electron chi connectivity index (χ4n) is 2.52. The minimum absolute atomic E-state index is 0.150. The van der Waals surface area contributed by atoms with E-state index in [1.54, 1.807) is 30.9 Å².